The lowest BCUT2D eigenvalue weighted by Gasteiger charge is -2.28. The van der Waals surface area contributed by atoms with Gasteiger partial charge in [-0.2, -0.15) is 0 Å². The fraction of sp³-hybridized carbons (Fsp3) is 0.818. The third-order valence-electron chi connectivity index (χ3n) is 2.15. The maximum absolute atomic E-state index is 5.94. The maximum atomic E-state index is 5.94. The molecule has 0 aromatic carbocycles. The molecule has 3 nitrogen and oxygen atoms in total. The third kappa shape index (κ3) is 4.63. The molecule has 0 radical (unpaired) electrons. The molecule has 84 valence electrons. The van der Waals surface area contributed by atoms with Crippen LogP contribution in [0, 0.1) is 0 Å². The lowest BCUT2D eigenvalue weighted by Crippen LogP contribution is -2.43. The van der Waals surface area contributed by atoms with E-state index in [0.29, 0.717) is 6.61 Å². The van der Waals surface area contributed by atoms with Gasteiger partial charge < -0.3 is 4.74 Å². The smallest absolute Gasteiger partial charge is 0.107 e. The van der Waals surface area contributed by atoms with Crippen molar-refractivity contribution in [2.24, 2.45) is 5.84 Å². The normalized spacial score (nSPS) is 12.9. The second-order valence-electron chi connectivity index (χ2n) is 3.44. The fourth-order valence-electron chi connectivity index (χ4n) is 1.48. The highest BCUT2D eigenvalue weighted by molar-refractivity contribution is 4.96. The van der Waals surface area contributed by atoms with Crippen LogP contribution in [0.4, 0.5) is 0 Å². The molecule has 1 unspecified atom stereocenters. The van der Waals surface area contributed by atoms with Gasteiger partial charge in [0.2, 0.25) is 0 Å². The van der Waals surface area contributed by atoms with E-state index in [9.17, 15) is 0 Å². The molecule has 1 atom stereocenters. The molecular weight excluding hydrogens is 176 g/mol. The van der Waals surface area contributed by atoms with Gasteiger partial charge in [-0.25, -0.2) is 5.01 Å². The summed E-state index contributed by atoms with van der Waals surface area (Å²) in [5, 5.41) is 1.83. The van der Waals surface area contributed by atoms with Gasteiger partial charge in [0.1, 0.15) is 5.76 Å². The van der Waals surface area contributed by atoms with Gasteiger partial charge in [0.15, 0.2) is 0 Å². The van der Waals surface area contributed by atoms with E-state index in [1.54, 1.807) is 0 Å². The average molecular weight is 200 g/mol. The average Bonchev–Trinajstić information content (AvgIpc) is 2.14. The second-order valence-corrected chi connectivity index (χ2v) is 3.44. The summed E-state index contributed by atoms with van der Waals surface area (Å²) in [7, 11) is 0. The van der Waals surface area contributed by atoms with Gasteiger partial charge in [-0.15, -0.1) is 0 Å². The summed E-state index contributed by atoms with van der Waals surface area (Å²) >= 11 is 0. The summed E-state index contributed by atoms with van der Waals surface area (Å²) in [6, 6.07) is 0.167. The molecule has 0 bridgehead atoms. The van der Waals surface area contributed by atoms with Crippen molar-refractivity contribution < 1.29 is 4.74 Å². The molecule has 0 aliphatic rings. The molecule has 0 aliphatic carbocycles. The molecule has 2 N–H and O–H groups in total. The van der Waals surface area contributed by atoms with E-state index in [1.165, 1.54) is 0 Å². The highest BCUT2D eigenvalue weighted by Gasteiger charge is 2.17. The van der Waals surface area contributed by atoms with Crippen molar-refractivity contribution in [3.8, 4) is 0 Å². The van der Waals surface area contributed by atoms with Crippen LogP contribution in [0.2, 0.25) is 0 Å². The quantitative estimate of drug-likeness (QED) is 0.371. The Bertz CT molecular complexity index is 159. The number of rotatable bonds is 8. The number of hydrogen-bond donors (Lipinski definition) is 1. The third-order valence-corrected chi connectivity index (χ3v) is 2.15. The Hall–Kier alpha value is -0.540. The van der Waals surface area contributed by atoms with Crippen LogP contribution in [-0.2, 0) is 4.74 Å². The monoisotopic (exact) mass is 200 g/mol. The molecule has 0 spiro atoms. The first-order valence-electron chi connectivity index (χ1n) is 5.50. The second kappa shape index (κ2) is 7.83. The zero-order valence-corrected chi connectivity index (χ0v) is 9.75. The van der Waals surface area contributed by atoms with E-state index in [1.807, 2.05) is 11.9 Å². The summed E-state index contributed by atoms with van der Waals surface area (Å²) in [5.41, 5.74) is 0. The first-order chi connectivity index (χ1) is 6.67. The molecule has 0 fully saturated rings. The number of nitrogens with two attached hydrogens (primary N) is 1. The van der Waals surface area contributed by atoms with Crippen LogP contribution in [0.15, 0.2) is 12.3 Å². The predicted molar refractivity (Wildman–Crippen MR) is 60.6 cm³/mol. The Kier molecular flexibility index (Phi) is 7.52. The van der Waals surface area contributed by atoms with Crippen LogP contribution in [0.1, 0.15) is 40.0 Å². The van der Waals surface area contributed by atoms with Crippen molar-refractivity contribution in [1.29, 1.82) is 0 Å². The van der Waals surface area contributed by atoms with Crippen LogP contribution in [0.3, 0.4) is 0 Å². The van der Waals surface area contributed by atoms with Crippen LogP contribution >= 0.6 is 0 Å². The Morgan fingerprint density at radius 3 is 2.43 bits per heavy atom. The van der Waals surface area contributed by atoms with Gasteiger partial charge in [0.25, 0.3) is 0 Å². The molecule has 0 amide bonds. The van der Waals surface area contributed by atoms with E-state index in [-0.39, 0.29) is 6.04 Å². The van der Waals surface area contributed by atoms with Crippen molar-refractivity contribution in [2.45, 2.75) is 46.1 Å². The number of nitrogens with zero attached hydrogens (tertiary/aromatic N) is 1. The zero-order valence-electron chi connectivity index (χ0n) is 9.75. The van der Waals surface area contributed by atoms with Crippen molar-refractivity contribution in [2.75, 3.05) is 13.2 Å². The minimum atomic E-state index is 0.167. The summed E-state index contributed by atoms with van der Waals surface area (Å²) < 4.78 is 5.41. The van der Waals surface area contributed by atoms with E-state index < -0.39 is 0 Å². The molecule has 0 rings (SSSR count). The van der Waals surface area contributed by atoms with E-state index in [4.69, 9.17) is 10.6 Å². The van der Waals surface area contributed by atoms with Crippen molar-refractivity contribution in [3.05, 3.63) is 12.3 Å². The zero-order chi connectivity index (χ0) is 11.0. The predicted octanol–water partition coefficient (Wildman–Crippen LogP) is 2.29. The van der Waals surface area contributed by atoms with Crippen molar-refractivity contribution in [3.63, 3.8) is 0 Å². The molecule has 0 heterocycles. The first kappa shape index (κ1) is 13.5. The number of hydrazine groups is 1. The van der Waals surface area contributed by atoms with Crippen LogP contribution < -0.4 is 5.84 Å². The van der Waals surface area contributed by atoms with E-state index in [0.717, 1.165) is 31.6 Å². The van der Waals surface area contributed by atoms with Crippen molar-refractivity contribution in [1.82, 2.24) is 5.01 Å². The van der Waals surface area contributed by atoms with Gasteiger partial charge in [-0.1, -0.05) is 26.8 Å². The highest BCUT2D eigenvalue weighted by Crippen LogP contribution is 2.13. The minimum absolute atomic E-state index is 0.167. The van der Waals surface area contributed by atoms with Gasteiger partial charge in [0, 0.05) is 6.54 Å². The van der Waals surface area contributed by atoms with Crippen molar-refractivity contribution >= 4 is 0 Å². The Labute approximate surface area is 87.9 Å². The molecule has 0 saturated carbocycles. The van der Waals surface area contributed by atoms with Gasteiger partial charge in [-0.3, -0.25) is 5.84 Å². The van der Waals surface area contributed by atoms with Crippen LogP contribution in [-0.4, -0.2) is 24.2 Å². The molecule has 0 aromatic heterocycles. The van der Waals surface area contributed by atoms with Gasteiger partial charge in [0.05, 0.1) is 12.6 Å². The maximum Gasteiger partial charge on any atom is 0.107 e. The Morgan fingerprint density at radius 1 is 1.36 bits per heavy atom. The molecule has 3 heteroatoms. The van der Waals surface area contributed by atoms with E-state index in [2.05, 4.69) is 20.4 Å². The first-order valence-corrected chi connectivity index (χ1v) is 5.50. The molecule has 0 aromatic rings. The number of ether oxygens (including phenoxy) is 1. The minimum Gasteiger partial charge on any atom is -0.497 e. The summed E-state index contributed by atoms with van der Waals surface area (Å²) in [5.74, 6) is 6.73. The van der Waals surface area contributed by atoms with Crippen LogP contribution in [0.25, 0.3) is 0 Å². The van der Waals surface area contributed by atoms with Gasteiger partial charge >= 0.3 is 0 Å². The Balaban J connectivity index is 4.18. The summed E-state index contributed by atoms with van der Waals surface area (Å²) in [6.07, 6.45) is 3.15. The standard InChI is InChI=1S/C11H24N2O/c1-5-8-11(10(4)14-7-3)13(12)9-6-2/h11H,4-9,12H2,1-3H3. The van der Waals surface area contributed by atoms with E-state index >= 15 is 0 Å². The summed E-state index contributed by atoms with van der Waals surface area (Å²) in [6.45, 7) is 11.7. The molecular formula is C11H24N2O. The summed E-state index contributed by atoms with van der Waals surface area (Å²) in [4.78, 5) is 0. The largest absolute Gasteiger partial charge is 0.497 e. The van der Waals surface area contributed by atoms with Crippen LogP contribution in [0.5, 0.6) is 0 Å². The highest BCUT2D eigenvalue weighted by atomic mass is 16.5. The molecule has 0 saturated heterocycles. The fourth-order valence-corrected chi connectivity index (χ4v) is 1.48. The SMILES string of the molecule is C=C(OCC)C(CCC)N(N)CCC. The number of hydrogen-bond acceptors (Lipinski definition) is 3. The lowest BCUT2D eigenvalue weighted by molar-refractivity contribution is 0.125. The lowest BCUT2D eigenvalue weighted by atomic mass is 10.1. The Morgan fingerprint density at radius 2 is 2.00 bits per heavy atom. The molecule has 0 aliphatic heterocycles. The van der Waals surface area contributed by atoms with Gasteiger partial charge in [-0.05, 0) is 19.8 Å². The molecule has 14 heavy (non-hydrogen) atoms. The topological polar surface area (TPSA) is 38.5 Å².